The number of amides is 1. The molecule has 0 atom stereocenters. The molecule has 1 aliphatic heterocycles. The highest BCUT2D eigenvalue weighted by Gasteiger charge is 2.32. The molecule has 2 aromatic rings. The summed E-state index contributed by atoms with van der Waals surface area (Å²) in [4.78, 5) is 16.8. The second kappa shape index (κ2) is 11.2. The molecule has 27 heavy (non-hydrogen) atoms. The van der Waals surface area contributed by atoms with Crippen molar-refractivity contribution < 1.29 is 9.53 Å². The van der Waals surface area contributed by atoms with Gasteiger partial charge in [0.2, 0.25) is 0 Å². The highest BCUT2D eigenvalue weighted by atomic mass is 35.5. The average molecular weight is 412 g/mol. The van der Waals surface area contributed by atoms with Gasteiger partial charge in [-0.25, -0.2) is 0 Å². The fourth-order valence-corrected chi connectivity index (χ4v) is 3.36. The van der Waals surface area contributed by atoms with E-state index in [2.05, 4.69) is 15.6 Å². The highest BCUT2D eigenvalue weighted by molar-refractivity contribution is 5.95. The van der Waals surface area contributed by atoms with Crippen LogP contribution in [-0.2, 0) is 4.74 Å². The van der Waals surface area contributed by atoms with Crippen LogP contribution < -0.4 is 10.6 Å². The fraction of sp³-hybridized carbons (Fsp3) is 0.400. The molecule has 0 bridgehead atoms. The smallest absolute Gasteiger partial charge is 0.252 e. The lowest BCUT2D eigenvalue weighted by molar-refractivity contribution is 0.0511. The molecule has 3 rings (SSSR count). The van der Waals surface area contributed by atoms with Gasteiger partial charge in [-0.3, -0.25) is 9.78 Å². The number of piperidine rings is 1. The maximum Gasteiger partial charge on any atom is 0.252 e. The zero-order chi connectivity index (χ0) is 17.5. The first-order valence-corrected chi connectivity index (χ1v) is 8.71. The Labute approximate surface area is 173 Å². The molecule has 1 aliphatic rings. The number of carbonyl (C=O) groups is 1. The van der Waals surface area contributed by atoms with Crippen LogP contribution in [0.5, 0.6) is 0 Å². The molecule has 0 radical (unpaired) electrons. The number of nitrogens with zero attached hydrogens (tertiary/aromatic N) is 1. The van der Waals surface area contributed by atoms with Crippen LogP contribution in [0.4, 0.5) is 0 Å². The van der Waals surface area contributed by atoms with Crippen LogP contribution in [0.1, 0.15) is 23.2 Å². The van der Waals surface area contributed by atoms with Crippen LogP contribution in [0.15, 0.2) is 48.8 Å². The van der Waals surface area contributed by atoms with Crippen LogP contribution in [0.3, 0.4) is 0 Å². The number of hydrogen-bond acceptors (Lipinski definition) is 4. The number of halogens is 2. The first-order valence-electron chi connectivity index (χ1n) is 8.71. The number of pyridine rings is 1. The molecule has 1 aromatic carbocycles. The van der Waals surface area contributed by atoms with Gasteiger partial charge < -0.3 is 15.4 Å². The van der Waals surface area contributed by atoms with E-state index in [0.717, 1.165) is 37.1 Å². The third-order valence-electron chi connectivity index (χ3n) is 4.85. The minimum absolute atomic E-state index is 0. The number of methoxy groups -OCH3 is 1. The molecule has 5 nitrogen and oxygen atoms in total. The van der Waals surface area contributed by atoms with Gasteiger partial charge in [-0.15, -0.1) is 24.8 Å². The van der Waals surface area contributed by atoms with Crippen molar-refractivity contribution in [2.45, 2.75) is 12.8 Å². The largest absolute Gasteiger partial charge is 0.384 e. The summed E-state index contributed by atoms with van der Waals surface area (Å²) in [5.41, 5.74) is 2.60. The Hall–Kier alpha value is -1.66. The third-order valence-corrected chi connectivity index (χ3v) is 4.85. The molecule has 1 saturated heterocycles. The second-order valence-corrected chi connectivity index (χ2v) is 6.69. The van der Waals surface area contributed by atoms with Gasteiger partial charge in [0.1, 0.15) is 0 Å². The normalized spacial score (nSPS) is 15.1. The lowest BCUT2D eigenvalue weighted by atomic mass is 9.79. The van der Waals surface area contributed by atoms with Crippen molar-refractivity contribution in [1.82, 2.24) is 15.6 Å². The van der Waals surface area contributed by atoms with Gasteiger partial charge in [-0.05, 0) is 37.6 Å². The van der Waals surface area contributed by atoms with E-state index in [1.807, 2.05) is 36.4 Å². The van der Waals surface area contributed by atoms with Gasteiger partial charge in [0.25, 0.3) is 5.91 Å². The Kier molecular flexibility index (Phi) is 9.74. The number of benzene rings is 1. The quantitative estimate of drug-likeness (QED) is 0.764. The predicted octanol–water partition coefficient (Wildman–Crippen LogP) is 3.34. The number of carbonyl (C=O) groups excluding carboxylic acids is 1. The van der Waals surface area contributed by atoms with E-state index in [4.69, 9.17) is 4.74 Å². The van der Waals surface area contributed by atoms with E-state index in [0.29, 0.717) is 18.7 Å². The summed E-state index contributed by atoms with van der Waals surface area (Å²) in [6, 6.07) is 11.9. The minimum Gasteiger partial charge on any atom is -0.384 e. The molecule has 0 saturated carbocycles. The van der Waals surface area contributed by atoms with Crippen molar-refractivity contribution in [3.8, 4) is 11.1 Å². The first-order chi connectivity index (χ1) is 12.2. The van der Waals surface area contributed by atoms with Crippen LogP contribution in [0.2, 0.25) is 0 Å². The van der Waals surface area contributed by atoms with Crippen molar-refractivity contribution in [2.24, 2.45) is 5.41 Å². The predicted molar refractivity (Wildman–Crippen MR) is 113 cm³/mol. The second-order valence-electron chi connectivity index (χ2n) is 6.69. The highest BCUT2D eigenvalue weighted by Crippen LogP contribution is 2.28. The summed E-state index contributed by atoms with van der Waals surface area (Å²) in [5, 5.41) is 6.45. The average Bonchev–Trinajstić information content (AvgIpc) is 2.68. The molecule has 1 aromatic heterocycles. The maximum absolute atomic E-state index is 12.6. The lowest BCUT2D eigenvalue weighted by Gasteiger charge is -2.37. The summed E-state index contributed by atoms with van der Waals surface area (Å²) in [6.45, 7) is 3.21. The number of nitrogens with one attached hydrogen (secondary N) is 2. The molecular formula is C20H27Cl2N3O2. The van der Waals surface area contributed by atoms with Gasteiger partial charge in [0.05, 0.1) is 12.2 Å². The molecule has 0 spiro atoms. The third kappa shape index (κ3) is 6.18. The van der Waals surface area contributed by atoms with E-state index < -0.39 is 0 Å². The van der Waals surface area contributed by atoms with Crippen molar-refractivity contribution in [2.75, 3.05) is 33.4 Å². The summed E-state index contributed by atoms with van der Waals surface area (Å²) in [6.07, 6.45) is 5.41. The molecule has 0 aliphatic carbocycles. The van der Waals surface area contributed by atoms with Crippen LogP contribution in [-0.4, -0.2) is 44.2 Å². The van der Waals surface area contributed by atoms with Gasteiger partial charge in [0.15, 0.2) is 0 Å². The van der Waals surface area contributed by atoms with Gasteiger partial charge >= 0.3 is 0 Å². The van der Waals surface area contributed by atoms with Crippen molar-refractivity contribution in [3.05, 3.63) is 54.4 Å². The van der Waals surface area contributed by atoms with Gasteiger partial charge in [-0.2, -0.15) is 0 Å². The SMILES string of the molecule is COCC1(CNC(=O)c2cncc(-c3ccccc3)c2)CCNCC1.Cl.Cl. The Morgan fingerprint density at radius 2 is 1.85 bits per heavy atom. The number of ether oxygens (including phenoxy) is 1. The molecule has 7 heteroatoms. The minimum atomic E-state index is -0.0840. The number of rotatable bonds is 6. The number of hydrogen-bond donors (Lipinski definition) is 2. The van der Waals surface area contributed by atoms with Crippen molar-refractivity contribution >= 4 is 30.7 Å². The van der Waals surface area contributed by atoms with E-state index in [9.17, 15) is 4.79 Å². The standard InChI is InChI=1S/C20H25N3O2.2ClH/c1-25-15-20(7-9-21-10-8-20)14-23-19(24)18-11-17(12-22-13-18)16-5-3-2-4-6-16;;/h2-6,11-13,21H,7-10,14-15H2,1H3,(H,23,24);2*1H. The topological polar surface area (TPSA) is 63.2 Å². The van der Waals surface area contributed by atoms with E-state index in [-0.39, 0.29) is 36.1 Å². The van der Waals surface area contributed by atoms with Crippen LogP contribution in [0, 0.1) is 5.41 Å². The monoisotopic (exact) mass is 411 g/mol. The molecule has 1 amide bonds. The van der Waals surface area contributed by atoms with Crippen molar-refractivity contribution in [3.63, 3.8) is 0 Å². The van der Waals surface area contributed by atoms with Crippen molar-refractivity contribution in [1.29, 1.82) is 0 Å². The van der Waals surface area contributed by atoms with Crippen LogP contribution >= 0.6 is 24.8 Å². The Bertz CT molecular complexity index is 702. The fourth-order valence-electron chi connectivity index (χ4n) is 3.36. The van der Waals surface area contributed by atoms with E-state index in [1.165, 1.54) is 0 Å². The summed E-state index contributed by atoms with van der Waals surface area (Å²) in [5.74, 6) is -0.0840. The molecule has 2 N–H and O–H groups in total. The Morgan fingerprint density at radius 3 is 2.52 bits per heavy atom. The summed E-state index contributed by atoms with van der Waals surface area (Å²) < 4.78 is 5.41. The first kappa shape index (κ1) is 23.4. The molecule has 0 unspecified atom stereocenters. The van der Waals surface area contributed by atoms with Gasteiger partial charge in [-0.1, -0.05) is 30.3 Å². The lowest BCUT2D eigenvalue weighted by Crippen LogP contribution is -2.47. The van der Waals surface area contributed by atoms with Gasteiger partial charge in [0, 0.05) is 37.0 Å². The zero-order valence-corrected chi connectivity index (χ0v) is 17.1. The van der Waals surface area contributed by atoms with Crippen LogP contribution in [0.25, 0.3) is 11.1 Å². The Morgan fingerprint density at radius 1 is 1.15 bits per heavy atom. The Balaban J connectivity index is 0.00000182. The molecular weight excluding hydrogens is 385 g/mol. The summed E-state index contributed by atoms with van der Waals surface area (Å²) in [7, 11) is 1.72. The molecule has 1 fully saturated rings. The zero-order valence-electron chi connectivity index (χ0n) is 15.4. The summed E-state index contributed by atoms with van der Waals surface area (Å²) >= 11 is 0. The van der Waals surface area contributed by atoms with E-state index in [1.54, 1.807) is 19.5 Å². The maximum atomic E-state index is 12.6. The molecule has 148 valence electrons. The van der Waals surface area contributed by atoms with E-state index >= 15 is 0 Å². The number of aromatic nitrogens is 1. The molecule has 2 heterocycles.